The minimum absolute atomic E-state index is 0.0596. The summed E-state index contributed by atoms with van der Waals surface area (Å²) in [4.78, 5) is 13.8. The Morgan fingerprint density at radius 2 is 2.00 bits per heavy atom. The number of nitrogens with one attached hydrogen (secondary N) is 1. The molecule has 1 heterocycles. The Balaban J connectivity index is 2.37. The highest BCUT2D eigenvalue weighted by atomic mass is 16.2. The van der Waals surface area contributed by atoms with Gasteiger partial charge in [0.1, 0.15) is 0 Å². The van der Waals surface area contributed by atoms with Gasteiger partial charge >= 0.3 is 0 Å². The van der Waals surface area contributed by atoms with Crippen molar-refractivity contribution in [3.8, 4) is 0 Å². The van der Waals surface area contributed by atoms with E-state index in [2.05, 4.69) is 17.1 Å². The van der Waals surface area contributed by atoms with Gasteiger partial charge in [-0.05, 0) is 27.2 Å². The van der Waals surface area contributed by atoms with E-state index in [9.17, 15) is 4.79 Å². The van der Waals surface area contributed by atoms with Crippen LogP contribution in [0.2, 0.25) is 0 Å². The number of likely N-dealkylation sites (tertiary alicyclic amines) is 1. The Hall–Kier alpha value is -0.610. The van der Waals surface area contributed by atoms with Crippen molar-refractivity contribution in [3.63, 3.8) is 0 Å². The Kier molecular flexibility index (Phi) is 3.73. The van der Waals surface area contributed by atoms with Gasteiger partial charge in [-0.3, -0.25) is 9.69 Å². The summed E-state index contributed by atoms with van der Waals surface area (Å²) >= 11 is 0. The van der Waals surface area contributed by atoms with Crippen molar-refractivity contribution in [1.29, 1.82) is 0 Å². The van der Waals surface area contributed by atoms with E-state index in [4.69, 9.17) is 5.73 Å². The van der Waals surface area contributed by atoms with Crippen LogP contribution in [0.1, 0.15) is 34.1 Å². The molecule has 1 saturated heterocycles. The van der Waals surface area contributed by atoms with Crippen LogP contribution in [0, 0.1) is 0 Å². The summed E-state index contributed by atoms with van der Waals surface area (Å²) in [6, 6.07) is 0.144. The maximum atomic E-state index is 11.7. The quantitative estimate of drug-likeness (QED) is 0.707. The van der Waals surface area contributed by atoms with Crippen molar-refractivity contribution in [2.24, 2.45) is 5.73 Å². The van der Waals surface area contributed by atoms with E-state index in [0.29, 0.717) is 0 Å². The number of carbonyl (C=O) groups is 1. The molecule has 0 saturated carbocycles. The molecule has 0 bridgehead atoms. The summed E-state index contributed by atoms with van der Waals surface area (Å²) in [5.74, 6) is 0.100. The monoisotopic (exact) mass is 213 g/mol. The maximum absolute atomic E-state index is 11.7. The molecule has 0 aromatic heterocycles. The molecule has 0 aromatic carbocycles. The molecule has 0 aromatic rings. The SMILES string of the molecule is CCC1(N)CN(C(C)C(=O)NC(C)C)C1. The minimum Gasteiger partial charge on any atom is -0.353 e. The lowest BCUT2D eigenvalue weighted by Gasteiger charge is -2.49. The molecular weight excluding hydrogens is 190 g/mol. The normalized spacial score (nSPS) is 22.3. The van der Waals surface area contributed by atoms with Gasteiger partial charge in [-0.15, -0.1) is 0 Å². The minimum atomic E-state index is -0.0631. The lowest BCUT2D eigenvalue weighted by molar-refractivity contribution is -0.129. The van der Waals surface area contributed by atoms with E-state index in [1.165, 1.54) is 0 Å². The molecule has 1 rings (SSSR count). The molecule has 0 spiro atoms. The van der Waals surface area contributed by atoms with Gasteiger partial charge in [-0.1, -0.05) is 6.92 Å². The maximum Gasteiger partial charge on any atom is 0.237 e. The molecule has 1 aliphatic heterocycles. The van der Waals surface area contributed by atoms with E-state index in [0.717, 1.165) is 19.5 Å². The first kappa shape index (κ1) is 12.5. The molecule has 0 aliphatic carbocycles. The van der Waals surface area contributed by atoms with E-state index in [1.807, 2.05) is 20.8 Å². The topological polar surface area (TPSA) is 58.4 Å². The molecule has 1 amide bonds. The van der Waals surface area contributed by atoms with Gasteiger partial charge in [0.15, 0.2) is 0 Å². The van der Waals surface area contributed by atoms with Crippen LogP contribution in [0.15, 0.2) is 0 Å². The zero-order chi connectivity index (χ0) is 11.6. The molecule has 0 radical (unpaired) electrons. The van der Waals surface area contributed by atoms with Crippen LogP contribution in [-0.2, 0) is 4.79 Å². The van der Waals surface area contributed by atoms with Crippen LogP contribution in [0.25, 0.3) is 0 Å². The van der Waals surface area contributed by atoms with Gasteiger partial charge in [0, 0.05) is 24.7 Å². The number of amides is 1. The summed E-state index contributed by atoms with van der Waals surface area (Å²) in [5.41, 5.74) is 6.00. The van der Waals surface area contributed by atoms with Gasteiger partial charge < -0.3 is 11.1 Å². The summed E-state index contributed by atoms with van der Waals surface area (Å²) in [6.45, 7) is 9.63. The zero-order valence-electron chi connectivity index (χ0n) is 10.2. The second-order valence-corrected chi connectivity index (χ2v) is 4.96. The van der Waals surface area contributed by atoms with Crippen LogP contribution in [0.5, 0.6) is 0 Å². The first-order valence-electron chi connectivity index (χ1n) is 5.71. The van der Waals surface area contributed by atoms with E-state index >= 15 is 0 Å². The summed E-state index contributed by atoms with van der Waals surface area (Å²) in [5, 5.41) is 2.92. The Labute approximate surface area is 92.2 Å². The largest absolute Gasteiger partial charge is 0.353 e. The second kappa shape index (κ2) is 4.49. The Bertz CT molecular complexity index is 234. The van der Waals surface area contributed by atoms with Gasteiger partial charge in [0.2, 0.25) is 5.91 Å². The van der Waals surface area contributed by atoms with Crippen molar-refractivity contribution in [2.75, 3.05) is 13.1 Å². The highest BCUT2D eigenvalue weighted by molar-refractivity contribution is 5.81. The molecule has 1 fully saturated rings. The first-order valence-corrected chi connectivity index (χ1v) is 5.71. The third-order valence-electron chi connectivity index (χ3n) is 3.10. The van der Waals surface area contributed by atoms with Crippen LogP contribution in [0.3, 0.4) is 0 Å². The Morgan fingerprint density at radius 1 is 1.47 bits per heavy atom. The molecule has 3 N–H and O–H groups in total. The standard InChI is InChI=1S/C11H23N3O/c1-5-11(12)6-14(7-11)9(4)10(15)13-8(2)3/h8-9H,5-7,12H2,1-4H3,(H,13,15). The van der Waals surface area contributed by atoms with Crippen LogP contribution in [-0.4, -0.2) is 41.5 Å². The van der Waals surface area contributed by atoms with Crippen molar-refractivity contribution in [1.82, 2.24) is 10.2 Å². The smallest absolute Gasteiger partial charge is 0.237 e. The van der Waals surface area contributed by atoms with Gasteiger partial charge in [0.25, 0.3) is 0 Å². The summed E-state index contributed by atoms with van der Waals surface area (Å²) < 4.78 is 0. The fourth-order valence-corrected chi connectivity index (χ4v) is 1.83. The third-order valence-corrected chi connectivity index (χ3v) is 3.10. The summed E-state index contributed by atoms with van der Waals surface area (Å²) in [6.07, 6.45) is 0.974. The van der Waals surface area contributed by atoms with Crippen LogP contribution >= 0.6 is 0 Å². The molecule has 1 unspecified atom stereocenters. The number of hydrogen-bond acceptors (Lipinski definition) is 3. The van der Waals surface area contributed by atoms with Crippen molar-refractivity contribution >= 4 is 5.91 Å². The van der Waals surface area contributed by atoms with Crippen molar-refractivity contribution in [3.05, 3.63) is 0 Å². The van der Waals surface area contributed by atoms with E-state index < -0.39 is 0 Å². The predicted octanol–water partition coefficient (Wildman–Crippen LogP) is 0.323. The second-order valence-electron chi connectivity index (χ2n) is 4.96. The van der Waals surface area contributed by atoms with E-state index in [-0.39, 0.29) is 23.5 Å². The van der Waals surface area contributed by atoms with Crippen molar-refractivity contribution in [2.45, 2.75) is 51.7 Å². The third kappa shape index (κ3) is 2.92. The molecular formula is C11H23N3O. The van der Waals surface area contributed by atoms with E-state index in [1.54, 1.807) is 0 Å². The lowest BCUT2D eigenvalue weighted by Crippen LogP contribution is -2.70. The van der Waals surface area contributed by atoms with Gasteiger partial charge in [-0.25, -0.2) is 0 Å². The molecule has 4 heteroatoms. The van der Waals surface area contributed by atoms with Gasteiger partial charge in [0.05, 0.1) is 6.04 Å². The number of hydrogen-bond donors (Lipinski definition) is 2. The Morgan fingerprint density at radius 3 is 2.40 bits per heavy atom. The molecule has 4 nitrogen and oxygen atoms in total. The van der Waals surface area contributed by atoms with Crippen molar-refractivity contribution < 1.29 is 4.79 Å². The molecule has 15 heavy (non-hydrogen) atoms. The van der Waals surface area contributed by atoms with Crippen LogP contribution in [0.4, 0.5) is 0 Å². The lowest BCUT2D eigenvalue weighted by atomic mass is 9.87. The average Bonchev–Trinajstić information content (AvgIpc) is 2.10. The molecule has 88 valence electrons. The first-order chi connectivity index (χ1) is 6.88. The molecule has 1 atom stereocenters. The fraction of sp³-hybridized carbons (Fsp3) is 0.909. The number of rotatable bonds is 4. The van der Waals surface area contributed by atoms with Gasteiger partial charge in [-0.2, -0.15) is 0 Å². The average molecular weight is 213 g/mol. The highest BCUT2D eigenvalue weighted by Gasteiger charge is 2.41. The fourth-order valence-electron chi connectivity index (χ4n) is 1.83. The highest BCUT2D eigenvalue weighted by Crippen LogP contribution is 2.23. The number of nitrogens with zero attached hydrogens (tertiary/aromatic N) is 1. The summed E-state index contributed by atoms with van der Waals surface area (Å²) in [7, 11) is 0. The molecule has 1 aliphatic rings. The number of carbonyl (C=O) groups excluding carboxylic acids is 1. The predicted molar refractivity (Wildman–Crippen MR) is 61.5 cm³/mol. The van der Waals surface area contributed by atoms with Crippen LogP contribution < -0.4 is 11.1 Å². The zero-order valence-corrected chi connectivity index (χ0v) is 10.2. The number of nitrogens with two attached hydrogens (primary N) is 1.